The molecule has 7 nitrogen and oxygen atoms in total. The van der Waals surface area contributed by atoms with Gasteiger partial charge in [-0.2, -0.15) is 0 Å². The third-order valence-electron chi connectivity index (χ3n) is 3.98. The first kappa shape index (κ1) is 17.4. The number of hydrogen-bond donors (Lipinski definition) is 1. The van der Waals surface area contributed by atoms with Gasteiger partial charge in [0.05, 0.1) is 0 Å². The highest BCUT2D eigenvalue weighted by molar-refractivity contribution is 5.91. The van der Waals surface area contributed by atoms with Crippen LogP contribution in [0.5, 0.6) is 0 Å². The molecule has 1 atom stereocenters. The number of nitrogens with one attached hydrogen (secondary N) is 1. The molecule has 0 saturated carbocycles. The summed E-state index contributed by atoms with van der Waals surface area (Å²) >= 11 is 0. The van der Waals surface area contributed by atoms with Crippen molar-refractivity contribution in [2.24, 2.45) is 0 Å². The molecule has 2 heterocycles. The molecule has 1 aromatic heterocycles. The van der Waals surface area contributed by atoms with Crippen LogP contribution in [-0.4, -0.2) is 86.1 Å². The second-order valence-electron chi connectivity index (χ2n) is 6.19. The molecule has 1 amide bonds. The van der Waals surface area contributed by atoms with Gasteiger partial charge in [-0.05, 0) is 20.2 Å². The van der Waals surface area contributed by atoms with E-state index in [1.165, 1.54) is 6.08 Å². The number of amides is 1. The van der Waals surface area contributed by atoms with E-state index in [1.807, 2.05) is 19.0 Å². The lowest BCUT2D eigenvalue weighted by Crippen LogP contribution is -2.54. The van der Waals surface area contributed by atoms with Gasteiger partial charge < -0.3 is 15.1 Å². The van der Waals surface area contributed by atoms with Gasteiger partial charge in [0.25, 0.3) is 0 Å². The van der Waals surface area contributed by atoms with Gasteiger partial charge in [-0.1, -0.05) is 0 Å². The van der Waals surface area contributed by atoms with Crippen LogP contribution < -0.4 is 10.2 Å². The standard InChI is InChI=1S/C16H26N6O/c1-20(2)16-18-9-13(10-19-16)5-6-15(23)17-11-14-12-21(3)7-8-22(14)4/h5-6,9-10,14H,7-8,11-12H2,1-4H3,(H,17,23). The molecule has 1 fully saturated rings. The Kier molecular flexibility index (Phi) is 6.06. The van der Waals surface area contributed by atoms with Crippen molar-refractivity contribution in [2.75, 3.05) is 59.3 Å². The summed E-state index contributed by atoms with van der Waals surface area (Å²) in [6.45, 7) is 3.73. The van der Waals surface area contributed by atoms with Gasteiger partial charge in [-0.25, -0.2) is 9.97 Å². The Bertz CT molecular complexity index is 542. The number of rotatable bonds is 5. The fraction of sp³-hybridized carbons (Fsp3) is 0.562. The zero-order valence-electron chi connectivity index (χ0n) is 14.4. The molecule has 23 heavy (non-hydrogen) atoms. The molecule has 7 heteroatoms. The quantitative estimate of drug-likeness (QED) is 0.766. The van der Waals surface area contributed by atoms with Crippen molar-refractivity contribution in [3.05, 3.63) is 24.0 Å². The van der Waals surface area contributed by atoms with E-state index in [2.05, 4.69) is 39.2 Å². The van der Waals surface area contributed by atoms with Crippen molar-refractivity contribution >= 4 is 17.9 Å². The number of aromatic nitrogens is 2. The molecule has 126 valence electrons. The minimum absolute atomic E-state index is 0.0942. The Labute approximate surface area is 138 Å². The summed E-state index contributed by atoms with van der Waals surface area (Å²) < 4.78 is 0. The van der Waals surface area contributed by atoms with E-state index in [1.54, 1.807) is 18.5 Å². The Morgan fingerprint density at radius 3 is 2.70 bits per heavy atom. The van der Waals surface area contributed by atoms with E-state index in [4.69, 9.17) is 0 Å². The molecule has 0 radical (unpaired) electrons. The van der Waals surface area contributed by atoms with E-state index in [0.717, 1.165) is 25.2 Å². The first-order chi connectivity index (χ1) is 11.0. The highest BCUT2D eigenvalue weighted by atomic mass is 16.1. The van der Waals surface area contributed by atoms with Crippen molar-refractivity contribution in [3.63, 3.8) is 0 Å². The van der Waals surface area contributed by atoms with Crippen molar-refractivity contribution in [1.82, 2.24) is 25.1 Å². The number of nitrogens with zero attached hydrogens (tertiary/aromatic N) is 5. The molecule has 0 aliphatic carbocycles. The van der Waals surface area contributed by atoms with Crippen LogP contribution >= 0.6 is 0 Å². The molecule has 2 rings (SSSR count). The summed E-state index contributed by atoms with van der Waals surface area (Å²) in [5, 5.41) is 2.96. The summed E-state index contributed by atoms with van der Waals surface area (Å²) in [4.78, 5) is 26.8. The zero-order chi connectivity index (χ0) is 16.8. The topological polar surface area (TPSA) is 64.6 Å². The van der Waals surface area contributed by atoms with Crippen molar-refractivity contribution in [2.45, 2.75) is 6.04 Å². The Morgan fingerprint density at radius 2 is 2.04 bits per heavy atom. The summed E-state index contributed by atoms with van der Waals surface area (Å²) in [5.74, 6) is 0.555. The van der Waals surface area contributed by atoms with Gasteiger partial charge in [-0.15, -0.1) is 0 Å². The van der Waals surface area contributed by atoms with E-state index in [0.29, 0.717) is 18.5 Å². The Hall–Kier alpha value is -1.99. The maximum Gasteiger partial charge on any atom is 0.244 e. The average molecular weight is 318 g/mol. The molecule has 1 aliphatic rings. The normalized spacial score (nSPS) is 19.9. The lowest BCUT2D eigenvalue weighted by atomic mass is 10.2. The largest absolute Gasteiger partial charge is 0.351 e. The van der Waals surface area contributed by atoms with E-state index < -0.39 is 0 Å². The van der Waals surface area contributed by atoms with Crippen LogP contribution in [0.15, 0.2) is 18.5 Å². The van der Waals surface area contributed by atoms with Crippen LogP contribution in [0.1, 0.15) is 5.56 Å². The summed E-state index contributed by atoms with van der Waals surface area (Å²) in [6, 6.07) is 0.355. The van der Waals surface area contributed by atoms with Crippen molar-refractivity contribution in [1.29, 1.82) is 0 Å². The molecule has 1 saturated heterocycles. The highest BCUT2D eigenvalue weighted by Crippen LogP contribution is 2.06. The van der Waals surface area contributed by atoms with E-state index in [9.17, 15) is 4.79 Å². The van der Waals surface area contributed by atoms with E-state index >= 15 is 0 Å². The predicted octanol–water partition coefficient (Wildman–Crippen LogP) is -0.0822. The van der Waals surface area contributed by atoms with Gasteiger partial charge in [0, 0.05) is 70.3 Å². The first-order valence-electron chi connectivity index (χ1n) is 7.80. The van der Waals surface area contributed by atoms with Gasteiger partial charge in [0.1, 0.15) is 0 Å². The summed E-state index contributed by atoms with van der Waals surface area (Å²) in [5.41, 5.74) is 0.806. The fourth-order valence-corrected chi connectivity index (χ4v) is 2.42. The van der Waals surface area contributed by atoms with Crippen LogP contribution in [0.2, 0.25) is 0 Å². The van der Waals surface area contributed by atoms with E-state index in [-0.39, 0.29) is 5.91 Å². The van der Waals surface area contributed by atoms with Crippen LogP contribution in [0.4, 0.5) is 5.95 Å². The molecule has 0 spiro atoms. The summed E-state index contributed by atoms with van der Waals surface area (Å²) in [7, 11) is 7.98. The summed E-state index contributed by atoms with van der Waals surface area (Å²) in [6.07, 6.45) is 6.66. The third kappa shape index (κ3) is 5.30. The number of anilines is 1. The Balaban J connectivity index is 1.81. The van der Waals surface area contributed by atoms with Crippen LogP contribution in [0.25, 0.3) is 6.08 Å². The second-order valence-corrected chi connectivity index (χ2v) is 6.19. The molecule has 1 unspecified atom stereocenters. The number of carbonyl (C=O) groups excluding carboxylic acids is 1. The third-order valence-corrected chi connectivity index (χ3v) is 3.98. The molecule has 1 N–H and O–H groups in total. The van der Waals surface area contributed by atoms with Crippen LogP contribution in [0, 0.1) is 0 Å². The van der Waals surface area contributed by atoms with Crippen molar-refractivity contribution < 1.29 is 4.79 Å². The molecule has 0 bridgehead atoms. The van der Waals surface area contributed by atoms with Gasteiger partial charge in [-0.3, -0.25) is 9.69 Å². The smallest absolute Gasteiger partial charge is 0.244 e. The highest BCUT2D eigenvalue weighted by Gasteiger charge is 2.21. The molecular weight excluding hydrogens is 292 g/mol. The zero-order valence-corrected chi connectivity index (χ0v) is 14.4. The van der Waals surface area contributed by atoms with Gasteiger partial charge >= 0.3 is 0 Å². The monoisotopic (exact) mass is 318 g/mol. The molecule has 1 aromatic rings. The second kappa shape index (κ2) is 8.03. The average Bonchev–Trinajstić information content (AvgIpc) is 2.54. The SMILES string of the molecule is CN1CCN(C)C(CNC(=O)C=Cc2cnc(N(C)C)nc2)C1. The number of carbonyl (C=O) groups is 1. The van der Waals surface area contributed by atoms with Gasteiger partial charge in [0.2, 0.25) is 11.9 Å². The number of hydrogen-bond acceptors (Lipinski definition) is 6. The van der Waals surface area contributed by atoms with Gasteiger partial charge in [0.15, 0.2) is 0 Å². The number of piperazine rings is 1. The fourth-order valence-electron chi connectivity index (χ4n) is 2.42. The Morgan fingerprint density at radius 1 is 1.35 bits per heavy atom. The first-order valence-corrected chi connectivity index (χ1v) is 7.80. The van der Waals surface area contributed by atoms with Crippen LogP contribution in [-0.2, 0) is 4.79 Å². The van der Waals surface area contributed by atoms with Crippen LogP contribution in [0.3, 0.4) is 0 Å². The maximum atomic E-state index is 11.9. The minimum atomic E-state index is -0.0942. The molecule has 0 aromatic carbocycles. The maximum absolute atomic E-state index is 11.9. The number of likely N-dealkylation sites (N-methyl/N-ethyl adjacent to an activating group) is 2. The molecular formula is C16H26N6O. The predicted molar refractivity (Wildman–Crippen MR) is 92.3 cm³/mol. The minimum Gasteiger partial charge on any atom is -0.351 e. The lowest BCUT2D eigenvalue weighted by molar-refractivity contribution is -0.116. The molecule has 1 aliphatic heterocycles. The lowest BCUT2D eigenvalue weighted by Gasteiger charge is -2.37. The van der Waals surface area contributed by atoms with Crippen molar-refractivity contribution in [3.8, 4) is 0 Å².